The third kappa shape index (κ3) is 1.27. The highest BCUT2D eigenvalue weighted by atomic mass is 16.6. The topological polar surface area (TPSA) is 29.6 Å². The lowest BCUT2D eigenvalue weighted by Gasteiger charge is -2.03. The zero-order valence-corrected chi connectivity index (χ0v) is 7.78. The first-order valence-corrected chi connectivity index (χ1v) is 4.42. The van der Waals surface area contributed by atoms with Gasteiger partial charge in [0.2, 0.25) is 0 Å². The lowest BCUT2D eigenvalue weighted by atomic mass is 9.97. The molecule has 1 fully saturated rings. The van der Waals surface area contributed by atoms with Crippen LogP contribution >= 0.6 is 0 Å². The minimum absolute atomic E-state index is 0.0557. The lowest BCUT2D eigenvalue weighted by molar-refractivity contribution is 0.0888. The van der Waals surface area contributed by atoms with Crippen LogP contribution in [0.25, 0.3) is 0 Å². The molecule has 68 valence electrons. The van der Waals surface area contributed by atoms with Gasteiger partial charge in [0.15, 0.2) is 11.4 Å². The van der Waals surface area contributed by atoms with Crippen LogP contribution in [-0.2, 0) is 4.74 Å². The Hall–Kier alpha value is -1.15. The van der Waals surface area contributed by atoms with Crippen LogP contribution in [0.3, 0.4) is 0 Å². The van der Waals surface area contributed by atoms with Gasteiger partial charge < -0.3 is 4.74 Å². The van der Waals surface area contributed by atoms with Crippen molar-refractivity contribution in [2.24, 2.45) is 0 Å². The number of Topliss-reactive ketones (excluding diaryl/α,β-unsaturated/α-hetero) is 1. The summed E-state index contributed by atoms with van der Waals surface area (Å²) in [5.74, 6) is 0.0839. The van der Waals surface area contributed by atoms with Crippen LogP contribution in [0, 0.1) is 0 Å². The van der Waals surface area contributed by atoms with Crippen molar-refractivity contribution in [3.8, 4) is 0 Å². The monoisotopic (exact) mass is 176 g/mol. The lowest BCUT2D eigenvalue weighted by Crippen LogP contribution is -2.22. The number of ketones is 1. The van der Waals surface area contributed by atoms with Crippen LogP contribution in [0.4, 0.5) is 0 Å². The van der Waals surface area contributed by atoms with Crippen LogP contribution in [0.15, 0.2) is 30.3 Å². The number of carbonyl (C=O) groups excluding carboxylic acids is 1. The van der Waals surface area contributed by atoms with Crippen molar-refractivity contribution >= 4 is 5.78 Å². The van der Waals surface area contributed by atoms with Gasteiger partial charge >= 0.3 is 0 Å². The maximum absolute atomic E-state index is 11.8. The van der Waals surface area contributed by atoms with Gasteiger partial charge in [0, 0.05) is 5.56 Å². The molecular formula is C11H12O2. The Labute approximate surface area is 77.5 Å². The quantitative estimate of drug-likeness (QED) is 0.510. The molecule has 0 aliphatic carbocycles. The van der Waals surface area contributed by atoms with E-state index in [1.54, 1.807) is 0 Å². The molecule has 1 aromatic rings. The fourth-order valence-corrected chi connectivity index (χ4v) is 1.45. The van der Waals surface area contributed by atoms with Crippen molar-refractivity contribution < 1.29 is 9.53 Å². The molecule has 2 heteroatoms. The highest BCUT2D eigenvalue weighted by Crippen LogP contribution is 2.38. The van der Waals surface area contributed by atoms with Crippen LogP contribution in [0.2, 0.25) is 0 Å². The number of benzene rings is 1. The number of ether oxygens (including phenoxy) is 1. The minimum atomic E-state index is -0.568. The van der Waals surface area contributed by atoms with Gasteiger partial charge in [-0.05, 0) is 13.8 Å². The van der Waals surface area contributed by atoms with E-state index in [4.69, 9.17) is 4.74 Å². The Bertz CT molecular complexity index is 331. The van der Waals surface area contributed by atoms with Crippen molar-refractivity contribution in [3.05, 3.63) is 35.9 Å². The Morgan fingerprint density at radius 2 is 1.92 bits per heavy atom. The SMILES string of the molecule is C[C@@H]1O[C@@]1(C)C(=O)c1ccccc1. The molecule has 0 saturated carbocycles. The molecule has 2 nitrogen and oxygen atoms in total. The van der Waals surface area contributed by atoms with Gasteiger partial charge in [-0.2, -0.15) is 0 Å². The maximum Gasteiger partial charge on any atom is 0.197 e. The smallest absolute Gasteiger partial charge is 0.197 e. The predicted molar refractivity (Wildman–Crippen MR) is 49.7 cm³/mol. The van der Waals surface area contributed by atoms with Crippen molar-refractivity contribution in [2.75, 3.05) is 0 Å². The number of carbonyl (C=O) groups is 1. The first kappa shape index (κ1) is 8.45. The molecule has 1 heterocycles. The Morgan fingerprint density at radius 1 is 1.38 bits per heavy atom. The van der Waals surface area contributed by atoms with Gasteiger partial charge in [0.1, 0.15) is 0 Å². The van der Waals surface area contributed by atoms with Gasteiger partial charge in [0.25, 0.3) is 0 Å². The number of hydrogen-bond acceptors (Lipinski definition) is 2. The minimum Gasteiger partial charge on any atom is -0.358 e. The van der Waals surface area contributed by atoms with E-state index in [1.807, 2.05) is 44.2 Å². The third-order valence-electron chi connectivity index (χ3n) is 2.63. The van der Waals surface area contributed by atoms with Gasteiger partial charge in [-0.1, -0.05) is 30.3 Å². The molecule has 2 atom stereocenters. The summed E-state index contributed by atoms with van der Waals surface area (Å²) in [6.07, 6.45) is 0.0557. The first-order valence-electron chi connectivity index (χ1n) is 4.42. The summed E-state index contributed by atoms with van der Waals surface area (Å²) >= 11 is 0. The largest absolute Gasteiger partial charge is 0.358 e. The first-order chi connectivity index (χ1) is 6.14. The standard InChI is InChI=1S/C11H12O2/c1-8-11(2,13-8)10(12)9-6-4-3-5-7-9/h3-8H,1-2H3/t8-,11+/m0/s1. The van der Waals surface area contributed by atoms with Crippen molar-refractivity contribution in [2.45, 2.75) is 25.6 Å². The molecule has 0 bridgehead atoms. The summed E-state index contributed by atoms with van der Waals surface area (Å²) in [4.78, 5) is 11.8. The molecular weight excluding hydrogens is 164 g/mol. The number of hydrogen-bond donors (Lipinski definition) is 0. The van der Waals surface area contributed by atoms with E-state index in [-0.39, 0.29) is 11.9 Å². The van der Waals surface area contributed by atoms with Crippen LogP contribution in [-0.4, -0.2) is 17.5 Å². The molecule has 0 N–H and O–H groups in total. The zero-order chi connectivity index (χ0) is 9.47. The van der Waals surface area contributed by atoms with Crippen molar-refractivity contribution in [1.29, 1.82) is 0 Å². The second-order valence-electron chi connectivity index (χ2n) is 3.56. The second kappa shape index (κ2) is 2.67. The maximum atomic E-state index is 11.8. The molecule has 13 heavy (non-hydrogen) atoms. The predicted octanol–water partition coefficient (Wildman–Crippen LogP) is 2.05. The Kier molecular flexibility index (Phi) is 1.74. The third-order valence-corrected chi connectivity index (χ3v) is 2.63. The summed E-state index contributed by atoms with van der Waals surface area (Å²) in [5, 5.41) is 0. The van der Waals surface area contributed by atoms with Crippen LogP contribution < -0.4 is 0 Å². The molecule has 0 radical (unpaired) electrons. The molecule has 0 unspecified atom stereocenters. The van der Waals surface area contributed by atoms with E-state index in [1.165, 1.54) is 0 Å². The molecule has 0 spiro atoms. The Balaban J connectivity index is 2.25. The van der Waals surface area contributed by atoms with Crippen molar-refractivity contribution in [1.82, 2.24) is 0 Å². The van der Waals surface area contributed by atoms with E-state index in [0.717, 1.165) is 5.56 Å². The van der Waals surface area contributed by atoms with E-state index in [2.05, 4.69) is 0 Å². The molecule has 1 aliphatic rings. The molecule has 1 saturated heterocycles. The van der Waals surface area contributed by atoms with Gasteiger partial charge in [0.05, 0.1) is 6.10 Å². The highest BCUT2D eigenvalue weighted by molar-refractivity contribution is 6.04. The average molecular weight is 176 g/mol. The fraction of sp³-hybridized carbons (Fsp3) is 0.364. The van der Waals surface area contributed by atoms with Gasteiger partial charge in [-0.3, -0.25) is 4.79 Å². The number of rotatable bonds is 2. The second-order valence-corrected chi connectivity index (χ2v) is 3.56. The molecule has 1 aliphatic heterocycles. The van der Waals surface area contributed by atoms with Crippen LogP contribution in [0.1, 0.15) is 24.2 Å². The van der Waals surface area contributed by atoms with E-state index in [0.29, 0.717) is 0 Å². The fourth-order valence-electron chi connectivity index (χ4n) is 1.45. The zero-order valence-electron chi connectivity index (χ0n) is 7.78. The summed E-state index contributed by atoms with van der Waals surface area (Å²) in [5.41, 5.74) is 0.163. The van der Waals surface area contributed by atoms with Crippen LogP contribution in [0.5, 0.6) is 0 Å². The molecule has 0 amide bonds. The average Bonchev–Trinajstić information content (AvgIpc) is 2.76. The normalized spacial score (nSPS) is 31.4. The van der Waals surface area contributed by atoms with Gasteiger partial charge in [-0.25, -0.2) is 0 Å². The van der Waals surface area contributed by atoms with E-state index in [9.17, 15) is 4.79 Å². The molecule has 2 rings (SSSR count). The summed E-state index contributed by atoms with van der Waals surface area (Å²) in [6, 6.07) is 9.27. The van der Waals surface area contributed by atoms with Gasteiger partial charge in [-0.15, -0.1) is 0 Å². The molecule has 0 aromatic heterocycles. The summed E-state index contributed by atoms with van der Waals surface area (Å²) in [7, 11) is 0. The number of epoxide rings is 1. The van der Waals surface area contributed by atoms with E-state index < -0.39 is 5.60 Å². The summed E-state index contributed by atoms with van der Waals surface area (Å²) < 4.78 is 5.27. The van der Waals surface area contributed by atoms with Crippen molar-refractivity contribution in [3.63, 3.8) is 0 Å². The van der Waals surface area contributed by atoms with E-state index >= 15 is 0 Å². The highest BCUT2D eigenvalue weighted by Gasteiger charge is 2.55. The molecule has 1 aromatic carbocycles. The Morgan fingerprint density at radius 3 is 2.38 bits per heavy atom. The summed E-state index contributed by atoms with van der Waals surface area (Å²) in [6.45, 7) is 3.76.